The van der Waals surface area contributed by atoms with Gasteiger partial charge in [0, 0.05) is 17.8 Å². The van der Waals surface area contributed by atoms with E-state index in [0.29, 0.717) is 12.5 Å². The Morgan fingerprint density at radius 1 is 1.30 bits per heavy atom. The van der Waals surface area contributed by atoms with Crippen LogP contribution in [0.25, 0.3) is 0 Å². The number of halogens is 1. The summed E-state index contributed by atoms with van der Waals surface area (Å²) in [6, 6.07) is 6.27. The number of hydrogen-bond acceptors (Lipinski definition) is 2. The van der Waals surface area contributed by atoms with Crippen molar-refractivity contribution < 1.29 is 4.74 Å². The highest BCUT2D eigenvalue weighted by Gasteiger charge is 2.38. The molecule has 0 radical (unpaired) electrons. The molecule has 3 unspecified atom stereocenters. The number of nitrogens with one attached hydrogen (secondary N) is 1. The smallest absolute Gasteiger partial charge is 0.123 e. The Morgan fingerprint density at radius 3 is 2.85 bits per heavy atom. The van der Waals surface area contributed by atoms with Crippen LogP contribution in [0, 0.1) is 17.8 Å². The van der Waals surface area contributed by atoms with Crippen molar-refractivity contribution in [3.05, 3.63) is 23.8 Å². The summed E-state index contributed by atoms with van der Waals surface area (Å²) in [6.07, 6.45) is 5.83. The van der Waals surface area contributed by atoms with Gasteiger partial charge in [-0.1, -0.05) is 6.42 Å². The lowest BCUT2D eigenvalue weighted by atomic mass is 9.89. The van der Waals surface area contributed by atoms with Crippen molar-refractivity contribution in [2.75, 3.05) is 18.5 Å². The number of alkyl halides is 1. The molecule has 0 spiro atoms. The van der Waals surface area contributed by atoms with Crippen molar-refractivity contribution in [1.29, 1.82) is 0 Å². The summed E-state index contributed by atoms with van der Waals surface area (Å²) in [7, 11) is 0. The van der Waals surface area contributed by atoms with Crippen LogP contribution < -0.4 is 10.1 Å². The Bertz CT molecular complexity index is 462. The molecule has 0 aromatic heterocycles. The molecular weight excluding hydrogens is 270 g/mol. The number of fused-ring (bicyclic) bond motifs is 2. The van der Waals surface area contributed by atoms with Crippen LogP contribution in [-0.4, -0.2) is 13.2 Å². The molecular formula is C17H24ClNO. The van der Waals surface area contributed by atoms with Crippen LogP contribution in [0.15, 0.2) is 18.2 Å². The Labute approximate surface area is 126 Å². The van der Waals surface area contributed by atoms with Gasteiger partial charge in [0.1, 0.15) is 5.75 Å². The Morgan fingerprint density at radius 2 is 2.20 bits per heavy atom. The molecule has 2 aliphatic rings. The van der Waals surface area contributed by atoms with Gasteiger partial charge in [0.15, 0.2) is 0 Å². The van der Waals surface area contributed by atoms with Gasteiger partial charge in [-0.2, -0.15) is 0 Å². The molecule has 1 aromatic carbocycles. The van der Waals surface area contributed by atoms with Gasteiger partial charge < -0.3 is 10.1 Å². The van der Waals surface area contributed by atoms with Crippen LogP contribution in [0.4, 0.5) is 5.69 Å². The van der Waals surface area contributed by atoms with Gasteiger partial charge in [-0.05, 0) is 62.1 Å². The second-order valence-electron chi connectivity index (χ2n) is 6.20. The molecule has 0 aliphatic heterocycles. The van der Waals surface area contributed by atoms with Crippen molar-refractivity contribution in [2.45, 2.75) is 38.5 Å². The standard InChI is InChI=1S/C17H24ClNO/c1-2-20-17-6-5-16(9-14(17)10-18)19-11-15-8-12-3-4-13(15)7-12/h5-6,9,12-13,15,19H,2-4,7-8,10-11H2,1H3. The van der Waals surface area contributed by atoms with E-state index in [-0.39, 0.29) is 0 Å². The van der Waals surface area contributed by atoms with Gasteiger partial charge in [0.25, 0.3) is 0 Å². The van der Waals surface area contributed by atoms with E-state index in [4.69, 9.17) is 16.3 Å². The molecule has 1 aromatic rings. The highest BCUT2D eigenvalue weighted by atomic mass is 35.5. The number of hydrogen-bond donors (Lipinski definition) is 1. The third-order valence-corrected chi connectivity index (χ3v) is 5.25. The molecule has 3 rings (SSSR count). The van der Waals surface area contributed by atoms with Gasteiger partial charge in [-0.25, -0.2) is 0 Å². The summed E-state index contributed by atoms with van der Waals surface area (Å²) in [6.45, 7) is 3.79. The summed E-state index contributed by atoms with van der Waals surface area (Å²) in [5.74, 6) is 4.28. The molecule has 0 heterocycles. The third-order valence-electron chi connectivity index (χ3n) is 4.96. The minimum Gasteiger partial charge on any atom is -0.494 e. The molecule has 20 heavy (non-hydrogen) atoms. The van der Waals surface area contributed by atoms with E-state index in [1.807, 2.05) is 13.0 Å². The van der Waals surface area contributed by atoms with E-state index in [1.165, 1.54) is 31.4 Å². The second-order valence-corrected chi connectivity index (χ2v) is 6.47. The van der Waals surface area contributed by atoms with E-state index in [2.05, 4.69) is 17.4 Å². The van der Waals surface area contributed by atoms with Crippen molar-refractivity contribution in [2.24, 2.45) is 17.8 Å². The SMILES string of the molecule is CCOc1ccc(NCC2CC3CCC2C3)cc1CCl. The molecule has 0 amide bonds. The largest absolute Gasteiger partial charge is 0.494 e. The van der Waals surface area contributed by atoms with Crippen LogP contribution in [0.1, 0.15) is 38.2 Å². The van der Waals surface area contributed by atoms with Crippen molar-refractivity contribution in [1.82, 2.24) is 0 Å². The number of ether oxygens (including phenoxy) is 1. The normalized spacial score (nSPS) is 27.8. The van der Waals surface area contributed by atoms with Crippen LogP contribution in [0.5, 0.6) is 5.75 Å². The average molecular weight is 294 g/mol. The summed E-state index contributed by atoms with van der Waals surface area (Å²) < 4.78 is 5.59. The topological polar surface area (TPSA) is 21.3 Å². The molecule has 2 fully saturated rings. The molecule has 0 saturated heterocycles. The first kappa shape index (κ1) is 14.1. The first-order valence-corrected chi connectivity index (χ1v) is 8.39. The van der Waals surface area contributed by atoms with Gasteiger partial charge in [-0.3, -0.25) is 0 Å². The molecule has 2 aliphatic carbocycles. The van der Waals surface area contributed by atoms with Gasteiger partial charge >= 0.3 is 0 Å². The summed E-state index contributed by atoms with van der Waals surface area (Å²) in [4.78, 5) is 0. The zero-order valence-electron chi connectivity index (χ0n) is 12.2. The van der Waals surface area contributed by atoms with Gasteiger partial charge in [-0.15, -0.1) is 11.6 Å². The zero-order valence-corrected chi connectivity index (χ0v) is 13.0. The maximum atomic E-state index is 6.01. The first-order chi connectivity index (χ1) is 9.80. The van der Waals surface area contributed by atoms with E-state index in [0.717, 1.165) is 35.6 Å². The Hall–Kier alpha value is -0.890. The highest BCUT2D eigenvalue weighted by molar-refractivity contribution is 6.17. The Kier molecular flexibility index (Phi) is 4.40. The lowest BCUT2D eigenvalue weighted by Gasteiger charge is -2.22. The second kappa shape index (κ2) is 6.26. The summed E-state index contributed by atoms with van der Waals surface area (Å²) in [5.41, 5.74) is 2.25. The van der Waals surface area contributed by atoms with Crippen LogP contribution in [-0.2, 0) is 5.88 Å². The molecule has 1 N–H and O–H groups in total. The van der Waals surface area contributed by atoms with Crippen LogP contribution in [0.2, 0.25) is 0 Å². The fourth-order valence-corrected chi connectivity index (χ4v) is 4.17. The highest BCUT2D eigenvalue weighted by Crippen LogP contribution is 2.48. The lowest BCUT2D eigenvalue weighted by molar-refractivity contribution is 0.337. The van der Waals surface area contributed by atoms with Crippen molar-refractivity contribution >= 4 is 17.3 Å². The molecule has 2 saturated carbocycles. The fraction of sp³-hybridized carbons (Fsp3) is 0.647. The van der Waals surface area contributed by atoms with Gasteiger partial charge in [0.05, 0.1) is 12.5 Å². The number of rotatable bonds is 6. The summed E-state index contributed by atoms with van der Waals surface area (Å²) in [5, 5.41) is 3.60. The van der Waals surface area contributed by atoms with E-state index in [1.54, 1.807) is 0 Å². The predicted octanol–water partition coefficient (Wildman–Crippen LogP) is 4.67. The lowest BCUT2D eigenvalue weighted by Crippen LogP contribution is -2.20. The molecule has 2 nitrogen and oxygen atoms in total. The minimum absolute atomic E-state index is 0.499. The van der Waals surface area contributed by atoms with E-state index < -0.39 is 0 Å². The molecule has 110 valence electrons. The third kappa shape index (κ3) is 2.90. The van der Waals surface area contributed by atoms with Crippen molar-refractivity contribution in [3.63, 3.8) is 0 Å². The maximum absolute atomic E-state index is 6.01. The maximum Gasteiger partial charge on any atom is 0.123 e. The Balaban J connectivity index is 1.60. The van der Waals surface area contributed by atoms with Crippen molar-refractivity contribution in [3.8, 4) is 5.75 Å². The monoisotopic (exact) mass is 293 g/mol. The predicted molar refractivity (Wildman–Crippen MR) is 84.6 cm³/mol. The fourth-order valence-electron chi connectivity index (χ4n) is 3.97. The minimum atomic E-state index is 0.499. The van der Waals surface area contributed by atoms with E-state index >= 15 is 0 Å². The summed E-state index contributed by atoms with van der Waals surface area (Å²) >= 11 is 6.01. The molecule has 2 bridgehead atoms. The van der Waals surface area contributed by atoms with Crippen LogP contribution >= 0.6 is 11.6 Å². The number of anilines is 1. The first-order valence-electron chi connectivity index (χ1n) is 7.85. The number of benzene rings is 1. The quantitative estimate of drug-likeness (QED) is 0.770. The average Bonchev–Trinajstić information content (AvgIpc) is 3.09. The zero-order chi connectivity index (χ0) is 13.9. The van der Waals surface area contributed by atoms with E-state index in [9.17, 15) is 0 Å². The van der Waals surface area contributed by atoms with Crippen LogP contribution in [0.3, 0.4) is 0 Å². The molecule has 3 atom stereocenters. The molecule has 3 heteroatoms. The van der Waals surface area contributed by atoms with Gasteiger partial charge in [0.2, 0.25) is 0 Å².